The van der Waals surface area contributed by atoms with Gasteiger partial charge in [0.15, 0.2) is 13.3 Å². The van der Waals surface area contributed by atoms with E-state index in [1.54, 1.807) is 4.57 Å². The van der Waals surface area contributed by atoms with Crippen LogP contribution < -0.4 is 4.57 Å². The Morgan fingerprint density at radius 2 is 2.50 bits per heavy atom. The fraction of sp³-hybridized carbons (Fsp3) is 0.500. The lowest BCUT2D eigenvalue weighted by Gasteiger charge is -1.94. The first-order valence-electron chi connectivity index (χ1n) is 3.86. The van der Waals surface area contributed by atoms with Gasteiger partial charge in [0.25, 0.3) is 0 Å². The predicted molar refractivity (Wildman–Crippen MR) is 41.9 cm³/mol. The second-order valence-corrected chi connectivity index (χ2v) is 2.38. The van der Waals surface area contributed by atoms with E-state index in [1.807, 2.05) is 30.2 Å². The average Bonchev–Trinajstić information content (AvgIpc) is 2.50. The first-order chi connectivity index (χ1) is 5.86. The Hall–Kier alpha value is -1.34. The molecule has 0 N–H and O–H groups in total. The van der Waals surface area contributed by atoms with E-state index in [1.165, 1.54) is 0 Å². The Morgan fingerprint density at radius 1 is 1.67 bits per heavy atom. The summed E-state index contributed by atoms with van der Waals surface area (Å²) in [5, 5.41) is 8.39. The van der Waals surface area contributed by atoms with Crippen molar-refractivity contribution in [1.82, 2.24) is 4.57 Å². The highest BCUT2D eigenvalue weighted by molar-refractivity contribution is 4.75. The molecule has 0 amide bonds. The first-order valence-corrected chi connectivity index (χ1v) is 3.86. The lowest BCUT2D eigenvalue weighted by molar-refractivity contribution is -0.732. The highest BCUT2D eigenvalue weighted by Gasteiger charge is 2.00. The predicted octanol–water partition coefficient (Wildman–Crippen LogP) is 0.293. The van der Waals surface area contributed by atoms with Crippen molar-refractivity contribution in [3.8, 4) is 6.07 Å². The molecule has 12 heavy (non-hydrogen) atoms. The van der Waals surface area contributed by atoms with E-state index in [0.29, 0.717) is 19.9 Å². The van der Waals surface area contributed by atoms with Crippen LogP contribution in [0.2, 0.25) is 0 Å². The summed E-state index contributed by atoms with van der Waals surface area (Å²) in [5.41, 5.74) is 0. The highest BCUT2D eigenvalue weighted by atomic mass is 16.5. The third-order valence-corrected chi connectivity index (χ3v) is 1.44. The van der Waals surface area contributed by atoms with E-state index in [2.05, 4.69) is 6.07 Å². The number of rotatable bonds is 4. The molecule has 0 aliphatic carbocycles. The molecule has 0 aromatic carbocycles. The Balaban J connectivity index is 2.48. The molecule has 4 heteroatoms. The first kappa shape index (κ1) is 8.75. The maximum Gasteiger partial charge on any atom is 0.246 e. The standard InChI is InChI=1S/C8H12N3O/c1-2-12-8-11-6-5-10(7-11)4-3-9/h5-7H,2,4,8H2,1H3/q+1. The Kier molecular flexibility index (Phi) is 3.30. The largest absolute Gasteiger partial charge is 0.342 e. The average molecular weight is 166 g/mol. The van der Waals surface area contributed by atoms with Gasteiger partial charge >= 0.3 is 0 Å². The van der Waals surface area contributed by atoms with Crippen LogP contribution >= 0.6 is 0 Å². The molecular weight excluding hydrogens is 154 g/mol. The smallest absolute Gasteiger partial charge is 0.246 e. The van der Waals surface area contributed by atoms with Crippen LogP contribution in [0.3, 0.4) is 0 Å². The van der Waals surface area contributed by atoms with Gasteiger partial charge < -0.3 is 4.74 Å². The summed E-state index contributed by atoms with van der Waals surface area (Å²) < 4.78 is 8.87. The van der Waals surface area contributed by atoms with Gasteiger partial charge in [0.1, 0.15) is 18.5 Å². The number of hydrogen-bond acceptors (Lipinski definition) is 2. The molecule has 0 spiro atoms. The van der Waals surface area contributed by atoms with Crippen LogP contribution in [-0.4, -0.2) is 11.2 Å². The minimum absolute atomic E-state index is 0.388. The highest BCUT2D eigenvalue weighted by Crippen LogP contribution is 1.83. The quantitative estimate of drug-likeness (QED) is 0.603. The monoisotopic (exact) mass is 166 g/mol. The number of ether oxygens (including phenoxy) is 1. The van der Waals surface area contributed by atoms with Gasteiger partial charge in [-0.25, -0.2) is 9.13 Å². The van der Waals surface area contributed by atoms with Gasteiger partial charge in [-0.3, -0.25) is 0 Å². The summed E-state index contributed by atoms with van der Waals surface area (Å²) in [5.74, 6) is 0. The molecule has 0 atom stereocenters. The zero-order valence-corrected chi connectivity index (χ0v) is 7.10. The van der Waals surface area contributed by atoms with Gasteiger partial charge in [-0.1, -0.05) is 0 Å². The van der Waals surface area contributed by atoms with Crippen molar-refractivity contribution in [3.05, 3.63) is 18.7 Å². The fourth-order valence-electron chi connectivity index (χ4n) is 0.887. The van der Waals surface area contributed by atoms with Gasteiger partial charge in [0, 0.05) is 6.61 Å². The van der Waals surface area contributed by atoms with Crippen LogP contribution in [0.5, 0.6) is 0 Å². The van der Waals surface area contributed by atoms with Crippen molar-refractivity contribution in [1.29, 1.82) is 5.26 Å². The van der Waals surface area contributed by atoms with Gasteiger partial charge in [-0.05, 0) is 6.92 Å². The van der Waals surface area contributed by atoms with Crippen LogP contribution in [0.15, 0.2) is 18.7 Å². The third kappa shape index (κ3) is 2.36. The van der Waals surface area contributed by atoms with Gasteiger partial charge in [-0.15, -0.1) is 0 Å². The zero-order valence-electron chi connectivity index (χ0n) is 7.10. The molecule has 64 valence electrons. The maximum absolute atomic E-state index is 8.39. The minimum atomic E-state index is 0.388. The van der Waals surface area contributed by atoms with Crippen LogP contribution in [0, 0.1) is 11.3 Å². The Labute approximate surface area is 71.6 Å². The molecule has 0 aliphatic heterocycles. The fourth-order valence-corrected chi connectivity index (χ4v) is 0.887. The molecule has 0 aliphatic rings. The third-order valence-electron chi connectivity index (χ3n) is 1.44. The van der Waals surface area contributed by atoms with Gasteiger partial charge in [0.05, 0.1) is 0 Å². The Bertz CT molecular complexity index is 274. The summed E-state index contributed by atoms with van der Waals surface area (Å²) in [7, 11) is 0. The van der Waals surface area contributed by atoms with E-state index < -0.39 is 0 Å². The molecule has 4 nitrogen and oxygen atoms in total. The second-order valence-electron chi connectivity index (χ2n) is 2.38. The number of nitrogens with zero attached hydrogens (tertiary/aromatic N) is 3. The lowest BCUT2D eigenvalue weighted by atomic mass is 10.7. The van der Waals surface area contributed by atoms with Crippen molar-refractivity contribution in [2.75, 3.05) is 6.61 Å². The van der Waals surface area contributed by atoms with Crippen molar-refractivity contribution in [3.63, 3.8) is 0 Å². The molecular formula is C8H12N3O+. The topological polar surface area (TPSA) is 41.8 Å². The molecule has 1 heterocycles. The summed E-state index contributed by atoms with van der Waals surface area (Å²) >= 11 is 0. The normalized spacial score (nSPS) is 9.67. The van der Waals surface area contributed by atoms with E-state index in [-0.39, 0.29) is 0 Å². The van der Waals surface area contributed by atoms with Gasteiger partial charge in [0.2, 0.25) is 6.33 Å². The molecule has 0 saturated carbocycles. The molecule has 0 fully saturated rings. The maximum atomic E-state index is 8.39. The lowest BCUT2D eigenvalue weighted by Crippen LogP contribution is -2.32. The molecule has 0 radical (unpaired) electrons. The minimum Gasteiger partial charge on any atom is -0.342 e. The molecule has 1 aromatic rings. The summed E-state index contributed by atoms with van der Waals surface area (Å²) in [6.07, 6.45) is 5.58. The molecule has 0 saturated heterocycles. The molecule has 1 rings (SSSR count). The molecule has 0 unspecified atom stereocenters. The number of hydrogen-bond donors (Lipinski definition) is 0. The number of nitriles is 1. The molecule has 1 aromatic heterocycles. The number of aromatic nitrogens is 2. The SMILES string of the molecule is CCOC[n+]1ccn(CC#N)c1. The van der Waals surface area contributed by atoms with Crippen LogP contribution in [0.4, 0.5) is 0 Å². The summed E-state index contributed by atoms with van der Waals surface area (Å²) in [6.45, 7) is 3.59. The summed E-state index contributed by atoms with van der Waals surface area (Å²) in [4.78, 5) is 0. The van der Waals surface area contributed by atoms with Crippen LogP contribution in [0.1, 0.15) is 6.92 Å². The van der Waals surface area contributed by atoms with Gasteiger partial charge in [-0.2, -0.15) is 5.26 Å². The van der Waals surface area contributed by atoms with E-state index >= 15 is 0 Å². The Morgan fingerprint density at radius 3 is 3.17 bits per heavy atom. The molecule has 0 bridgehead atoms. The second kappa shape index (κ2) is 4.52. The van der Waals surface area contributed by atoms with Crippen LogP contribution in [0.25, 0.3) is 0 Å². The van der Waals surface area contributed by atoms with Crippen molar-refractivity contribution < 1.29 is 9.30 Å². The number of imidazole rings is 1. The summed E-state index contributed by atoms with van der Waals surface area (Å²) in [6, 6.07) is 2.06. The van der Waals surface area contributed by atoms with Crippen molar-refractivity contribution in [2.45, 2.75) is 20.2 Å². The van der Waals surface area contributed by atoms with E-state index in [0.717, 1.165) is 0 Å². The van der Waals surface area contributed by atoms with Crippen molar-refractivity contribution in [2.24, 2.45) is 0 Å². The van der Waals surface area contributed by atoms with E-state index in [9.17, 15) is 0 Å². The van der Waals surface area contributed by atoms with Crippen LogP contribution in [-0.2, 0) is 18.0 Å². The van der Waals surface area contributed by atoms with E-state index in [4.69, 9.17) is 10.00 Å². The zero-order chi connectivity index (χ0) is 8.81. The van der Waals surface area contributed by atoms with Crippen molar-refractivity contribution >= 4 is 0 Å².